The molecule has 42 heavy (non-hydrogen) atoms. The predicted octanol–water partition coefficient (Wildman–Crippen LogP) is 4.35. The van der Waals surface area contributed by atoms with Gasteiger partial charge in [-0.1, -0.05) is 6.58 Å². The van der Waals surface area contributed by atoms with Crippen LogP contribution in [0.15, 0.2) is 67.4 Å². The Labute approximate surface area is 243 Å². The van der Waals surface area contributed by atoms with Crippen LogP contribution in [0.4, 0.5) is 22.9 Å². The molecule has 3 heterocycles. The molecular formula is C31H32N6O5. The second-order valence-electron chi connectivity index (χ2n) is 9.77. The lowest BCUT2D eigenvalue weighted by atomic mass is 10.0. The van der Waals surface area contributed by atoms with Crippen LogP contribution in [0.1, 0.15) is 22.8 Å². The van der Waals surface area contributed by atoms with Gasteiger partial charge in [0.25, 0.3) is 0 Å². The average molecular weight is 569 g/mol. The van der Waals surface area contributed by atoms with E-state index in [1.165, 1.54) is 20.3 Å². The van der Waals surface area contributed by atoms with Crippen LogP contribution in [0.5, 0.6) is 11.5 Å². The summed E-state index contributed by atoms with van der Waals surface area (Å²) in [7, 11) is 3.07. The van der Waals surface area contributed by atoms with Gasteiger partial charge in [0.1, 0.15) is 23.0 Å². The quantitative estimate of drug-likeness (QED) is 0.201. The van der Waals surface area contributed by atoms with Gasteiger partial charge in [-0.25, -0.2) is 4.98 Å². The van der Waals surface area contributed by atoms with E-state index in [2.05, 4.69) is 32.1 Å². The molecule has 2 amide bonds. The number of methoxy groups -OCH3 is 2. The highest BCUT2D eigenvalue weighted by atomic mass is 16.5. The summed E-state index contributed by atoms with van der Waals surface area (Å²) in [5.41, 5.74) is 3.53. The number of aromatic nitrogens is 2. The minimum Gasteiger partial charge on any atom is -0.497 e. The van der Waals surface area contributed by atoms with E-state index < -0.39 is 0 Å². The molecule has 11 nitrogen and oxygen atoms in total. The molecular weight excluding hydrogens is 536 g/mol. The lowest BCUT2D eigenvalue weighted by Gasteiger charge is -2.36. The van der Waals surface area contributed by atoms with Crippen LogP contribution in [0.2, 0.25) is 0 Å². The zero-order chi connectivity index (χ0) is 29.8. The number of rotatable bonds is 9. The Hall–Kier alpha value is -5.32. The van der Waals surface area contributed by atoms with E-state index in [0.29, 0.717) is 77.0 Å². The number of ether oxygens (including phenoxy) is 2. The Balaban J connectivity index is 1.40. The second-order valence-corrected chi connectivity index (χ2v) is 9.77. The van der Waals surface area contributed by atoms with E-state index in [9.17, 15) is 14.4 Å². The third kappa shape index (κ3) is 5.90. The Morgan fingerprint density at radius 2 is 1.67 bits per heavy atom. The summed E-state index contributed by atoms with van der Waals surface area (Å²) in [5, 5.41) is 6.81. The van der Waals surface area contributed by atoms with Crippen LogP contribution >= 0.6 is 0 Å². The SMILES string of the molecule is C=CC(=O)Nc1cc(N2CCN(C(C)=O)CC2)ccc1Nc1ccc2c(C(=O)c3cc(OC)cc(OC)c3)c[nH]c2n1. The van der Waals surface area contributed by atoms with Crippen molar-refractivity contribution in [1.82, 2.24) is 14.9 Å². The highest BCUT2D eigenvalue weighted by Gasteiger charge is 2.21. The molecule has 1 aliphatic heterocycles. The van der Waals surface area contributed by atoms with Gasteiger partial charge in [0.15, 0.2) is 5.78 Å². The van der Waals surface area contributed by atoms with Gasteiger partial charge in [0, 0.05) is 67.6 Å². The summed E-state index contributed by atoms with van der Waals surface area (Å²) in [6.45, 7) is 7.80. The maximum Gasteiger partial charge on any atom is 0.247 e. The summed E-state index contributed by atoms with van der Waals surface area (Å²) in [6, 6.07) is 14.3. The van der Waals surface area contributed by atoms with E-state index in [1.54, 1.807) is 37.4 Å². The van der Waals surface area contributed by atoms with Gasteiger partial charge < -0.3 is 34.9 Å². The predicted molar refractivity (Wildman–Crippen MR) is 162 cm³/mol. The molecule has 0 bridgehead atoms. The maximum absolute atomic E-state index is 13.4. The van der Waals surface area contributed by atoms with Gasteiger partial charge in [-0.05, 0) is 48.5 Å². The van der Waals surface area contributed by atoms with Crippen LogP contribution < -0.4 is 25.0 Å². The summed E-state index contributed by atoms with van der Waals surface area (Å²) in [4.78, 5) is 49.1. The lowest BCUT2D eigenvalue weighted by molar-refractivity contribution is -0.129. The molecule has 0 saturated carbocycles. The van der Waals surface area contributed by atoms with Crippen molar-refractivity contribution in [2.24, 2.45) is 0 Å². The minimum absolute atomic E-state index is 0.0664. The molecule has 216 valence electrons. The molecule has 1 saturated heterocycles. The minimum atomic E-state index is -0.346. The van der Waals surface area contributed by atoms with Crippen LogP contribution in [-0.2, 0) is 9.59 Å². The monoisotopic (exact) mass is 568 g/mol. The smallest absolute Gasteiger partial charge is 0.247 e. The fourth-order valence-corrected chi connectivity index (χ4v) is 4.90. The number of nitrogens with zero attached hydrogens (tertiary/aromatic N) is 3. The van der Waals surface area contributed by atoms with Gasteiger partial charge in [-0.3, -0.25) is 14.4 Å². The van der Waals surface area contributed by atoms with Gasteiger partial charge in [-0.15, -0.1) is 0 Å². The third-order valence-electron chi connectivity index (χ3n) is 7.20. The Bertz CT molecular complexity index is 1650. The summed E-state index contributed by atoms with van der Waals surface area (Å²) < 4.78 is 10.6. The number of piperazine rings is 1. The van der Waals surface area contributed by atoms with E-state index >= 15 is 0 Å². The summed E-state index contributed by atoms with van der Waals surface area (Å²) in [6.07, 6.45) is 2.84. The fraction of sp³-hybridized carbons (Fsp3) is 0.226. The van der Waals surface area contributed by atoms with Crippen molar-refractivity contribution in [2.45, 2.75) is 6.92 Å². The zero-order valence-electron chi connectivity index (χ0n) is 23.7. The van der Waals surface area contributed by atoms with Crippen molar-refractivity contribution >= 4 is 51.5 Å². The molecule has 3 N–H and O–H groups in total. The molecule has 2 aromatic carbocycles. The first-order valence-electron chi connectivity index (χ1n) is 13.4. The van der Waals surface area contributed by atoms with E-state index in [0.717, 1.165) is 5.69 Å². The number of carbonyl (C=O) groups is 3. The number of nitrogens with one attached hydrogen (secondary N) is 3. The number of H-pyrrole nitrogens is 1. The van der Waals surface area contributed by atoms with E-state index in [4.69, 9.17) is 9.47 Å². The number of pyridine rings is 1. The Morgan fingerprint density at radius 1 is 0.952 bits per heavy atom. The van der Waals surface area contributed by atoms with Crippen molar-refractivity contribution in [3.05, 3.63) is 78.5 Å². The fourth-order valence-electron chi connectivity index (χ4n) is 4.90. The highest BCUT2D eigenvalue weighted by Crippen LogP contribution is 2.32. The Morgan fingerprint density at radius 3 is 2.31 bits per heavy atom. The first kappa shape index (κ1) is 28.2. The molecule has 2 aromatic heterocycles. The van der Waals surface area contributed by atoms with Gasteiger partial charge >= 0.3 is 0 Å². The molecule has 5 rings (SSSR count). The standard InChI is InChI=1S/C31H32N6O5/c1-5-29(39)34-27-16-21(37-12-10-36(11-13-37)19(2)38)6-8-26(27)33-28-9-7-24-25(18-32-31(24)35-28)30(40)20-14-22(41-3)17-23(15-20)42-4/h5-9,14-18H,1,10-13H2,2-4H3,(H,34,39)(H2,32,33,35). The molecule has 0 spiro atoms. The number of benzene rings is 2. The third-order valence-corrected chi connectivity index (χ3v) is 7.20. The second kappa shape index (κ2) is 12.0. The number of anilines is 4. The van der Waals surface area contributed by atoms with Crippen molar-refractivity contribution in [3.8, 4) is 11.5 Å². The zero-order valence-corrected chi connectivity index (χ0v) is 23.7. The first-order chi connectivity index (χ1) is 20.3. The van der Waals surface area contributed by atoms with Crippen LogP contribution in [0, 0.1) is 0 Å². The number of amides is 2. The number of carbonyl (C=O) groups excluding carboxylic acids is 3. The highest BCUT2D eigenvalue weighted by molar-refractivity contribution is 6.16. The molecule has 4 aromatic rings. The number of aromatic amines is 1. The Kier molecular flexibility index (Phi) is 8.09. The lowest BCUT2D eigenvalue weighted by Crippen LogP contribution is -2.48. The van der Waals surface area contributed by atoms with E-state index in [1.807, 2.05) is 29.2 Å². The number of ketones is 1. The number of hydrogen-bond donors (Lipinski definition) is 3. The van der Waals surface area contributed by atoms with E-state index in [-0.39, 0.29) is 17.6 Å². The number of fused-ring (bicyclic) bond motifs is 1. The van der Waals surface area contributed by atoms with Crippen molar-refractivity contribution in [2.75, 3.05) is 55.9 Å². The van der Waals surface area contributed by atoms with Gasteiger partial charge in [0.2, 0.25) is 11.8 Å². The van der Waals surface area contributed by atoms with Crippen molar-refractivity contribution in [1.29, 1.82) is 0 Å². The molecule has 0 unspecified atom stereocenters. The van der Waals surface area contributed by atoms with Crippen LogP contribution in [-0.4, -0.2) is 72.9 Å². The first-order valence-corrected chi connectivity index (χ1v) is 13.4. The van der Waals surface area contributed by atoms with Gasteiger partial charge in [0.05, 0.1) is 25.6 Å². The van der Waals surface area contributed by atoms with Crippen molar-refractivity contribution in [3.63, 3.8) is 0 Å². The van der Waals surface area contributed by atoms with Gasteiger partial charge in [-0.2, -0.15) is 0 Å². The molecule has 0 aliphatic carbocycles. The number of hydrogen-bond acceptors (Lipinski definition) is 8. The summed E-state index contributed by atoms with van der Waals surface area (Å²) >= 11 is 0. The average Bonchev–Trinajstić information content (AvgIpc) is 3.44. The van der Waals surface area contributed by atoms with Crippen molar-refractivity contribution < 1.29 is 23.9 Å². The summed E-state index contributed by atoms with van der Waals surface area (Å²) in [5.74, 6) is 1.08. The van der Waals surface area contributed by atoms with Crippen LogP contribution in [0.25, 0.3) is 11.0 Å². The topological polar surface area (TPSA) is 129 Å². The maximum atomic E-state index is 13.4. The molecule has 11 heteroatoms. The molecule has 1 fully saturated rings. The largest absolute Gasteiger partial charge is 0.497 e. The molecule has 0 radical (unpaired) electrons. The molecule has 1 aliphatic rings. The molecule has 0 atom stereocenters. The normalized spacial score (nSPS) is 13.0. The van der Waals surface area contributed by atoms with Crippen LogP contribution in [0.3, 0.4) is 0 Å².